The number of anilines is 1. The van der Waals surface area contributed by atoms with Crippen molar-refractivity contribution in [3.8, 4) is 0 Å². The fraction of sp³-hybridized carbons (Fsp3) is 0.294. The van der Waals surface area contributed by atoms with Gasteiger partial charge in [0.2, 0.25) is 0 Å². The van der Waals surface area contributed by atoms with Gasteiger partial charge in [-0.3, -0.25) is 10.1 Å². The molecule has 0 spiro atoms. The van der Waals surface area contributed by atoms with Gasteiger partial charge in [0.25, 0.3) is 0 Å². The molecule has 0 aromatic heterocycles. The van der Waals surface area contributed by atoms with E-state index in [1.54, 1.807) is 26.2 Å². The van der Waals surface area contributed by atoms with Crippen LogP contribution in [0.2, 0.25) is 0 Å². The number of sulfone groups is 1. The van der Waals surface area contributed by atoms with Gasteiger partial charge in [-0.25, -0.2) is 12.8 Å². The summed E-state index contributed by atoms with van der Waals surface area (Å²) >= 11 is 0. The van der Waals surface area contributed by atoms with E-state index in [2.05, 4.69) is 5.32 Å². The lowest BCUT2D eigenvalue weighted by Crippen LogP contribution is -2.27. The average molecular weight is 381 g/mol. The van der Waals surface area contributed by atoms with E-state index in [9.17, 15) is 22.9 Å². The number of nitrogens with one attached hydrogen (secondary N) is 1. The number of halogens is 1. The fourth-order valence-corrected chi connectivity index (χ4v) is 3.53. The number of hydrogen-bond donors (Lipinski definition) is 1. The Hall–Kier alpha value is -2.52. The number of nitro groups is 1. The van der Waals surface area contributed by atoms with Crippen molar-refractivity contribution in [1.29, 1.82) is 0 Å². The maximum atomic E-state index is 13.5. The monoisotopic (exact) mass is 381 g/mol. The zero-order valence-electron chi connectivity index (χ0n) is 14.6. The van der Waals surface area contributed by atoms with Crippen LogP contribution in [0.5, 0.6) is 0 Å². The number of rotatable bonds is 7. The molecule has 2 rings (SSSR count). The minimum Gasteiger partial charge on any atom is -0.378 e. The Labute approximate surface area is 151 Å². The Morgan fingerprint density at radius 2 is 1.88 bits per heavy atom. The number of benzene rings is 2. The predicted octanol–water partition coefficient (Wildman–Crippen LogP) is 2.85. The van der Waals surface area contributed by atoms with Crippen molar-refractivity contribution in [3.63, 3.8) is 0 Å². The van der Waals surface area contributed by atoms with Crippen LogP contribution in [-0.4, -0.2) is 45.1 Å². The summed E-state index contributed by atoms with van der Waals surface area (Å²) in [5, 5.41) is 14.4. The largest absolute Gasteiger partial charge is 0.378 e. The summed E-state index contributed by atoms with van der Waals surface area (Å²) in [4.78, 5) is 12.2. The molecule has 0 aliphatic heterocycles. The summed E-state index contributed by atoms with van der Waals surface area (Å²) in [7, 11) is -0.147. The molecule has 9 heteroatoms. The molecule has 0 saturated carbocycles. The van der Waals surface area contributed by atoms with Crippen molar-refractivity contribution in [1.82, 2.24) is 4.90 Å². The Morgan fingerprint density at radius 1 is 1.23 bits per heavy atom. The topological polar surface area (TPSA) is 92.6 Å². The van der Waals surface area contributed by atoms with Crippen LogP contribution in [0, 0.1) is 15.9 Å². The molecule has 1 N–H and O–H groups in total. The number of likely N-dealkylation sites (N-methyl/N-ethyl adjacent to an activating group) is 1. The summed E-state index contributed by atoms with van der Waals surface area (Å²) in [6.45, 7) is 0.227. The van der Waals surface area contributed by atoms with Crippen molar-refractivity contribution < 1.29 is 17.7 Å². The van der Waals surface area contributed by atoms with E-state index in [1.165, 1.54) is 30.3 Å². The zero-order chi connectivity index (χ0) is 19.5. The van der Waals surface area contributed by atoms with Gasteiger partial charge >= 0.3 is 5.69 Å². The maximum Gasteiger partial charge on any atom is 0.310 e. The first-order valence-corrected chi connectivity index (χ1v) is 9.63. The highest BCUT2D eigenvalue weighted by molar-refractivity contribution is 7.90. The molecule has 2 aromatic carbocycles. The van der Waals surface area contributed by atoms with Crippen molar-refractivity contribution in [3.05, 3.63) is 64.0 Å². The molecule has 1 unspecified atom stereocenters. The molecule has 7 nitrogen and oxygen atoms in total. The van der Waals surface area contributed by atoms with Crippen LogP contribution in [0.1, 0.15) is 11.6 Å². The lowest BCUT2D eigenvalue weighted by molar-refractivity contribution is -0.386. The summed E-state index contributed by atoms with van der Waals surface area (Å²) in [5.41, 5.74) is 0.303. The molecule has 0 aliphatic rings. The van der Waals surface area contributed by atoms with Gasteiger partial charge < -0.3 is 10.2 Å². The quantitative estimate of drug-likeness (QED) is 0.586. The van der Waals surface area contributed by atoms with Crippen LogP contribution in [0.3, 0.4) is 0 Å². The van der Waals surface area contributed by atoms with Gasteiger partial charge in [0, 0.05) is 12.8 Å². The molecular weight excluding hydrogens is 361 g/mol. The zero-order valence-corrected chi connectivity index (χ0v) is 15.5. The first-order valence-electron chi connectivity index (χ1n) is 7.74. The fourth-order valence-electron chi connectivity index (χ4n) is 2.67. The van der Waals surface area contributed by atoms with Gasteiger partial charge in [-0.15, -0.1) is 0 Å². The molecule has 0 fully saturated rings. The van der Waals surface area contributed by atoms with Gasteiger partial charge in [-0.05, 0) is 43.9 Å². The van der Waals surface area contributed by atoms with Gasteiger partial charge in [0.15, 0.2) is 9.84 Å². The normalized spacial score (nSPS) is 12.8. The summed E-state index contributed by atoms with van der Waals surface area (Å²) in [6, 6.07) is 9.91. The highest BCUT2D eigenvalue weighted by Gasteiger charge is 2.26. The van der Waals surface area contributed by atoms with Crippen molar-refractivity contribution in [2.24, 2.45) is 0 Å². The number of hydrogen-bond acceptors (Lipinski definition) is 6. The molecule has 1 atom stereocenters. The number of nitro benzene ring substituents is 1. The molecular formula is C17H20FN3O4S. The van der Waals surface area contributed by atoms with E-state index >= 15 is 0 Å². The molecule has 0 aliphatic carbocycles. The Balaban J connectivity index is 2.37. The van der Waals surface area contributed by atoms with E-state index in [4.69, 9.17) is 0 Å². The molecule has 0 amide bonds. The summed E-state index contributed by atoms with van der Waals surface area (Å²) < 4.78 is 37.2. The van der Waals surface area contributed by atoms with E-state index in [-0.39, 0.29) is 29.0 Å². The average Bonchev–Trinajstić information content (AvgIpc) is 2.53. The highest BCUT2D eigenvalue weighted by Crippen LogP contribution is 2.32. The third-order valence-corrected chi connectivity index (χ3v) is 5.05. The Bertz CT molecular complexity index is 916. The van der Waals surface area contributed by atoms with E-state index < -0.39 is 20.4 Å². The van der Waals surface area contributed by atoms with Crippen LogP contribution in [-0.2, 0) is 9.84 Å². The van der Waals surface area contributed by atoms with E-state index in [0.717, 1.165) is 6.26 Å². The highest BCUT2D eigenvalue weighted by atomic mass is 32.2. The maximum absolute atomic E-state index is 13.5. The van der Waals surface area contributed by atoms with Crippen LogP contribution in [0.4, 0.5) is 15.8 Å². The lowest BCUT2D eigenvalue weighted by Gasteiger charge is -2.25. The van der Waals surface area contributed by atoms with Crippen molar-refractivity contribution in [2.45, 2.75) is 10.9 Å². The lowest BCUT2D eigenvalue weighted by atomic mass is 10.1. The van der Waals surface area contributed by atoms with Gasteiger partial charge in [0.1, 0.15) is 16.4 Å². The molecule has 0 saturated heterocycles. The van der Waals surface area contributed by atoms with Crippen LogP contribution in [0.25, 0.3) is 0 Å². The second-order valence-corrected chi connectivity index (χ2v) is 8.08. The second-order valence-electron chi connectivity index (χ2n) is 6.10. The number of nitrogens with zero attached hydrogens (tertiary/aromatic N) is 2. The summed E-state index contributed by atoms with van der Waals surface area (Å²) in [6.07, 6.45) is 0.925. The summed E-state index contributed by atoms with van der Waals surface area (Å²) in [5.74, 6) is -0.376. The number of para-hydroxylation sites is 1. The second kappa shape index (κ2) is 7.79. The standard InChI is InChI=1S/C17H20FN3O4S/c1-20(2)15(12-6-4-7-13(18)10-12)11-19-14-8-5-9-16(26(3,24)25)17(14)21(22)23/h4-10,15,19H,11H2,1-3H3. The van der Waals surface area contributed by atoms with Crippen LogP contribution < -0.4 is 5.32 Å². The molecule has 0 radical (unpaired) electrons. The van der Waals surface area contributed by atoms with Crippen LogP contribution in [0.15, 0.2) is 47.4 Å². The molecule has 2 aromatic rings. The predicted molar refractivity (Wildman–Crippen MR) is 97.5 cm³/mol. The first-order chi connectivity index (χ1) is 12.1. The molecule has 140 valence electrons. The minimum atomic E-state index is -3.76. The van der Waals surface area contributed by atoms with E-state index in [0.29, 0.717) is 5.56 Å². The van der Waals surface area contributed by atoms with Crippen LogP contribution >= 0.6 is 0 Å². The third kappa shape index (κ3) is 4.55. The van der Waals surface area contributed by atoms with Crippen molar-refractivity contribution >= 4 is 21.2 Å². The van der Waals surface area contributed by atoms with E-state index in [1.807, 2.05) is 4.90 Å². The Morgan fingerprint density at radius 3 is 2.42 bits per heavy atom. The molecule has 0 heterocycles. The third-order valence-electron chi connectivity index (χ3n) is 3.92. The molecule has 26 heavy (non-hydrogen) atoms. The smallest absolute Gasteiger partial charge is 0.310 e. The Kier molecular flexibility index (Phi) is 5.94. The van der Waals surface area contributed by atoms with Gasteiger partial charge in [-0.2, -0.15) is 0 Å². The van der Waals surface area contributed by atoms with Gasteiger partial charge in [0.05, 0.1) is 11.0 Å². The first kappa shape index (κ1) is 19.8. The SMILES string of the molecule is CN(C)C(CNc1cccc(S(C)(=O)=O)c1[N+](=O)[O-])c1cccc(F)c1. The van der Waals surface area contributed by atoms with Gasteiger partial charge in [-0.1, -0.05) is 18.2 Å². The van der Waals surface area contributed by atoms with Crippen molar-refractivity contribution in [2.75, 3.05) is 32.2 Å². The minimum absolute atomic E-state index is 0.0983. The molecule has 0 bridgehead atoms.